The molecular weight excluding hydrogens is 631 g/mol. The average molecular weight is 663 g/mol. The van der Waals surface area contributed by atoms with Crippen LogP contribution in [0, 0.1) is 9.49 Å². The Hall–Kier alpha value is -4.10. The largest absolute Gasteiger partial charge is 0.493 e. The molecule has 42 heavy (non-hydrogen) atoms. The van der Waals surface area contributed by atoms with E-state index in [-0.39, 0.29) is 6.04 Å². The average Bonchev–Trinajstić information content (AvgIpc) is 3.53. The molecule has 208 valence electrons. The van der Waals surface area contributed by atoms with Gasteiger partial charge >= 0.3 is 0 Å². The quantitative estimate of drug-likeness (QED) is 0.107. The second-order valence-electron chi connectivity index (χ2n) is 10.9. The van der Waals surface area contributed by atoms with Gasteiger partial charge in [0.2, 0.25) is 0 Å². The number of rotatable bonds is 7. The van der Waals surface area contributed by atoms with Gasteiger partial charge in [0, 0.05) is 17.8 Å². The van der Waals surface area contributed by atoms with Crippen molar-refractivity contribution in [1.82, 2.24) is 0 Å². The van der Waals surface area contributed by atoms with Crippen LogP contribution in [0.3, 0.4) is 0 Å². The highest BCUT2D eigenvalue weighted by atomic mass is 127. The Balaban J connectivity index is 1.07. The number of benzene rings is 5. The maximum Gasteiger partial charge on any atom is 0.174 e. The van der Waals surface area contributed by atoms with Crippen molar-refractivity contribution in [2.75, 3.05) is 12.4 Å². The Bertz CT molecular complexity index is 1810. The number of aliphatic imine (C=N–C) groups is 1. The van der Waals surface area contributed by atoms with E-state index in [0.717, 1.165) is 32.6 Å². The van der Waals surface area contributed by atoms with Gasteiger partial charge in [0.1, 0.15) is 6.61 Å². The standard InChI is InChI=1S/C37H31IN2O2/c1-41-35-21-24(20-33(38)37(35)42-23-27-10-6-9-25-8-2-3-11-29(25)27)22-39-28-18-16-26(17-19-28)36-32-14-7-13-30(32)31-12-4-5-15-34(31)40-36/h2-13,15-22,30,32,36,40H,14,23H2,1H3/t30-,32+,36+/m1/s1. The highest BCUT2D eigenvalue weighted by molar-refractivity contribution is 14.1. The summed E-state index contributed by atoms with van der Waals surface area (Å²) in [6, 6.07) is 36.4. The molecule has 0 unspecified atom stereocenters. The number of para-hydroxylation sites is 1. The monoisotopic (exact) mass is 662 g/mol. The van der Waals surface area contributed by atoms with E-state index in [1.54, 1.807) is 7.11 Å². The number of fused-ring (bicyclic) bond motifs is 4. The van der Waals surface area contributed by atoms with Gasteiger partial charge in [-0.3, -0.25) is 4.99 Å². The molecule has 4 nitrogen and oxygen atoms in total. The van der Waals surface area contributed by atoms with Gasteiger partial charge in [0.15, 0.2) is 11.5 Å². The van der Waals surface area contributed by atoms with Crippen LogP contribution in [0.2, 0.25) is 0 Å². The van der Waals surface area contributed by atoms with Gasteiger partial charge in [-0.2, -0.15) is 0 Å². The van der Waals surface area contributed by atoms with Crippen LogP contribution in [0.25, 0.3) is 10.8 Å². The van der Waals surface area contributed by atoms with Gasteiger partial charge in [-0.05, 0) is 98.3 Å². The first-order valence-electron chi connectivity index (χ1n) is 14.3. The molecule has 0 spiro atoms. The predicted molar refractivity (Wildman–Crippen MR) is 180 cm³/mol. The van der Waals surface area contributed by atoms with Crippen LogP contribution < -0.4 is 14.8 Å². The molecule has 0 fully saturated rings. The minimum Gasteiger partial charge on any atom is -0.493 e. The molecule has 5 heteroatoms. The summed E-state index contributed by atoms with van der Waals surface area (Å²) < 4.78 is 13.0. The van der Waals surface area contributed by atoms with E-state index in [0.29, 0.717) is 24.2 Å². The number of hydrogen-bond acceptors (Lipinski definition) is 4. The number of methoxy groups -OCH3 is 1. The number of halogens is 1. The summed E-state index contributed by atoms with van der Waals surface area (Å²) in [5.41, 5.74) is 6.97. The van der Waals surface area contributed by atoms with Gasteiger partial charge in [-0.15, -0.1) is 0 Å². The van der Waals surface area contributed by atoms with E-state index in [4.69, 9.17) is 14.5 Å². The lowest BCUT2D eigenvalue weighted by atomic mass is 9.77. The summed E-state index contributed by atoms with van der Waals surface area (Å²) in [6.45, 7) is 0.465. The first kappa shape index (κ1) is 26.8. The fourth-order valence-electron chi connectivity index (χ4n) is 6.31. The molecule has 1 N–H and O–H groups in total. The molecule has 1 heterocycles. The van der Waals surface area contributed by atoms with Crippen molar-refractivity contribution in [2.24, 2.45) is 10.9 Å². The zero-order valence-corrected chi connectivity index (χ0v) is 25.5. The molecule has 1 aliphatic heterocycles. The van der Waals surface area contributed by atoms with Crippen molar-refractivity contribution < 1.29 is 9.47 Å². The summed E-state index contributed by atoms with van der Waals surface area (Å²) in [5.74, 6) is 2.45. The van der Waals surface area contributed by atoms with Crippen molar-refractivity contribution in [3.8, 4) is 11.5 Å². The van der Waals surface area contributed by atoms with E-state index in [2.05, 4.69) is 137 Å². The SMILES string of the molecule is COc1cc(C=Nc2ccc([C@@H]3Nc4ccccc4[C@H]4C=CC[C@@H]43)cc2)cc(I)c1OCc1cccc2ccccc12. The minimum absolute atomic E-state index is 0.283. The van der Waals surface area contributed by atoms with Gasteiger partial charge < -0.3 is 14.8 Å². The van der Waals surface area contributed by atoms with Crippen LogP contribution in [0.5, 0.6) is 11.5 Å². The van der Waals surface area contributed by atoms with Crippen molar-refractivity contribution in [3.05, 3.63) is 141 Å². The Morgan fingerprint density at radius 1 is 0.929 bits per heavy atom. The molecule has 1 aliphatic carbocycles. The Morgan fingerprint density at radius 2 is 1.74 bits per heavy atom. The molecule has 0 radical (unpaired) electrons. The first-order valence-corrected chi connectivity index (χ1v) is 15.4. The van der Waals surface area contributed by atoms with Gasteiger partial charge in [-0.1, -0.05) is 84.9 Å². The third-order valence-corrected chi connectivity index (χ3v) is 9.19. The highest BCUT2D eigenvalue weighted by Gasteiger charge is 2.37. The molecule has 0 saturated carbocycles. The number of allylic oxidation sites excluding steroid dienone is 2. The smallest absolute Gasteiger partial charge is 0.174 e. The predicted octanol–water partition coefficient (Wildman–Crippen LogP) is 9.61. The molecule has 0 amide bonds. The summed E-state index contributed by atoms with van der Waals surface area (Å²) in [4.78, 5) is 4.78. The Kier molecular flexibility index (Phi) is 7.43. The Labute approximate surface area is 260 Å². The lowest BCUT2D eigenvalue weighted by Gasteiger charge is -2.37. The molecular formula is C37H31IN2O2. The van der Waals surface area contributed by atoms with Gasteiger partial charge in [-0.25, -0.2) is 0 Å². The number of hydrogen-bond donors (Lipinski definition) is 1. The van der Waals surface area contributed by atoms with Crippen LogP contribution in [0.15, 0.2) is 120 Å². The number of anilines is 1. The van der Waals surface area contributed by atoms with Crippen LogP contribution >= 0.6 is 22.6 Å². The van der Waals surface area contributed by atoms with E-state index in [1.807, 2.05) is 12.3 Å². The number of nitrogens with zero attached hydrogens (tertiary/aromatic N) is 1. The number of ether oxygens (including phenoxy) is 2. The maximum atomic E-state index is 6.31. The summed E-state index contributed by atoms with van der Waals surface area (Å²) in [7, 11) is 1.68. The van der Waals surface area contributed by atoms with Crippen LogP contribution in [0.4, 0.5) is 11.4 Å². The molecule has 0 bridgehead atoms. The summed E-state index contributed by atoms with van der Waals surface area (Å²) in [5, 5.41) is 6.22. The fraction of sp³-hybridized carbons (Fsp3) is 0.162. The van der Waals surface area contributed by atoms with E-state index in [9.17, 15) is 0 Å². The van der Waals surface area contributed by atoms with Crippen molar-refractivity contribution >= 4 is 51.0 Å². The van der Waals surface area contributed by atoms with Crippen LogP contribution in [0.1, 0.15) is 40.6 Å². The topological polar surface area (TPSA) is 42.8 Å². The molecule has 2 aliphatic rings. The third-order valence-electron chi connectivity index (χ3n) is 8.39. The highest BCUT2D eigenvalue weighted by Crippen LogP contribution is 2.49. The van der Waals surface area contributed by atoms with E-state index >= 15 is 0 Å². The van der Waals surface area contributed by atoms with Gasteiger partial charge in [0.25, 0.3) is 0 Å². The molecule has 7 rings (SSSR count). The molecule has 5 aromatic carbocycles. The normalized spacial score (nSPS) is 19.0. The maximum absolute atomic E-state index is 6.31. The third kappa shape index (κ3) is 5.18. The summed E-state index contributed by atoms with van der Waals surface area (Å²) >= 11 is 2.31. The fourth-order valence-corrected chi connectivity index (χ4v) is 7.09. The molecule has 0 saturated heterocycles. The van der Waals surface area contributed by atoms with E-state index < -0.39 is 0 Å². The van der Waals surface area contributed by atoms with Crippen LogP contribution in [-0.4, -0.2) is 13.3 Å². The second kappa shape index (κ2) is 11.6. The van der Waals surface area contributed by atoms with Crippen molar-refractivity contribution in [2.45, 2.75) is 25.0 Å². The zero-order chi connectivity index (χ0) is 28.5. The molecule has 5 aromatic rings. The second-order valence-corrected chi connectivity index (χ2v) is 12.0. The molecule has 0 aromatic heterocycles. The first-order chi connectivity index (χ1) is 20.7. The minimum atomic E-state index is 0.283. The van der Waals surface area contributed by atoms with Crippen molar-refractivity contribution in [1.29, 1.82) is 0 Å². The van der Waals surface area contributed by atoms with E-state index in [1.165, 1.54) is 27.6 Å². The molecule has 3 atom stereocenters. The summed E-state index contributed by atoms with van der Waals surface area (Å²) in [6.07, 6.45) is 7.70. The lowest BCUT2D eigenvalue weighted by Crippen LogP contribution is -2.28. The van der Waals surface area contributed by atoms with Crippen LogP contribution in [-0.2, 0) is 6.61 Å². The lowest BCUT2D eigenvalue weighted by molar-refractivity contribution is 0.283. The Morgan fingerprint density at radius 3 is 2.62 bits per heavy atom. The van der Waals surface area contributed by atoms with Crippen molar-refractivity contribution in [3.63, 3.8) is 0 Å². The number of nitrogens with one attached hydrogen (secondary N) is 1. The van der Waals surface area contributed by atoms with Gasteiger partial charge in [0.05, 0.1) is 22.4 Å². The zero-order valence-electron chi connectivity index (χ0n) is 23.3.